The Bertz CT molecular complexity index is 813. The molecule has 0 atom stereocenters. The van der Waals surface area contributed by atoms with Gasteiger partial charge in [-0.1, -0.05) is 12.1 Å². The van der Waals surface area contributed by atoms with Crippen LogP contribution in [0.2, 0.25) is 0 Å². The highest BCUT2D eigenvalue weighted by Crippen LogP contribution is 2.25. The van der Waals surface area contributed by atoms with E-state index in [9.17, 15) is 4.79 Å². The second-order valence-corrected chi connectivity index (χ2v) is 7.33. The molecule has 144 valence electrons. The first-order chi connectivity index (χ1) is 13.1. The van der Waals surface area contributed by atoms with Crippen molar-refractivity contribution in [2.24, 2.45) is 0 Å². The van der Waals surface area contributed by atoms with Crippen molar-refractivity contribution in [2.75, 3.05) is 51.3 Å². The van der Waals surface area contributed by atoms with Gasteiger partial charge in [-0.05, 0) is 31.9 Å². The Kier molecular flexibility index (Phi) is 5.11. The molecule has 7 nitrogen and oxygen atoms in total. The van der Waals surface area contributed by atoms with Gasteiger partial charge in [-0.15, -0.1) is 0 Å². The van der Waals surface area contributed by atoms with Crippen LogP contribution in [-0.4, -0.2) is 78.3 Å². The summed E-state index contributed by atoms with van der Waals surface area (Å²) in [6.45, 7) is 6.45. The van der Waals surface area contributed by atoms with Gasteiger partial charge in [-0.2, -0.15) is 0 Å². The Labute approximate surface area is 159 Å². The number of aromatic nitrogens is 2. The van der Waals surface area contributed by atoms with E-state index in [2.05, 4.69) is 4.90 Å². The molecule has 0 unspecified atom stereocenters. The van der Waals surface area contributed by atoms with Crippen LogP contribution in [0.5, 0.6) is 0 Å². The number of nitrogens with zero attached hydrogens (tertiary/aromatic N) is 5. The number of urea groups is 1. The van der Waals surface area contributed by atoms with Crippen molar-refractivity contribution in [1.82, 2.24) is 19.8 Å². The van der Waals surface area contributed by atoms with Crippen LogP contribution in [-0.2, 0) is 4.74 Å². The van der Waals surface area contributed by atoms with Gasteiger partial charge in [0.25, 0.3) is 0 Å². The summed E-state index contributed by atoms with van der Waals surface area (Å²) in [7, 11) is 1.93. The first kappa shape index (κ1) is 18.0. The molecule has 0 saturated carbocycles. The van der Waals surface area contributed by atoms with Crippen molar-refractivity contribution in [1.29, 1.82) is 0 Å². The van der Waals surface area contributed by atoms with Crippen molar-refractivity contribution in [2.45, 2.75) is 25.8 Å². The highest BCUT2D eigenvalue weighted by molar-refractivity contribution is 5.76. The molecular weight excluding hydrogens is 342 g/mol. The fourth-order valence-corrected chi connectivity index (χ4v) is 3.98. The largest absolute Gasteiger partial charge is 0.378 e. The number of piperidine rings is 1. The zero-order valence-electron chi connectivity index (χ0n) is 16.1. The van der Waals surface area contributed by atoms with Crippen molar-refractivity contribution < 1.29 is 9.53 Å². The number of fused-ring (bicyclic) bond motifs is 1. The molecule has 0 aliphatic carbocycles. The number of morpholine rings is 1. The lowest BCUT2D eigenvalue weighted by Crippen LogP contribution is -2.52. The summed E-state index contributed by atoms with van der Waals surface area (Å²) in [4.78, 5) is 28.4. The van der Waals surface area contributed by atoms with Crippen molar-refractivity contribution in [3.63, 3.8) is 0 Å². The van der Waals surface area contributed by atoms with E-state index < -0.39 is 0 Å². The number of benzene rings is 1. The molecule has 2 aliphatic rings. The number of anilines is 1. The summed E-state index contributed by atoms with van der Waals surface area (Å²) >= 11 is 0. The molecule has 0 N–H and O–H groups in total. The monoisotopic (exact) mass is 369 g/mol. The fraction of sp³-hybridized carbons (Fsp3) is 0.550. The second kappa shape index (κ2) is 7.68. The zero-order valence-corrected chi connectivity index (χ0v) is 16.1. The number of rotatable bonds is 2. The number of hydrogen-bond acceptors (Lipinski definition) is 5. The molecule has 1 aromatic carbocycles. The maximum Gasteiger partial charge on any atom is 0.320 e. The third-order valence-corrected chi connectivity index (χ3v) is 5.61. The van der Waals surface area contributed by atoms with E-state index in [0.29, 0.717) is 26.3 Å². The Balaban J connectivity index is 1.41. The van der Waals surface area contributed by atoms with Crippen LogP contribution < -0.4 is 4.90 Å². The molecule has 2 saturated heterocycles. The number of hydrogen-bond donors (Lipinski definition) is 0. The smallest absolute Gasteiger partial charge is 0.320 e. The summed E-state index contributed by atoms with van der Waals surface area (Å²) < 4.78 is 5.35. The lowest BCUT2D eigenvalue weighted by molar-refractivity contribution is 0.0409. The predicted molar refractivity (Wildman–Crippen MR) is 105 cm³/mol. The van der Waals surface area contributed by atoms with Crippen LogP contribution in [0.4, 0.5) is 10.6 Å². The number of para-hydroxylation sites is 2. The molecular formula is C20H27N5O2. The van der Waals surface area contributed by atoms with Gasteiger partial charge in [0.15, 0.2) is 5.82 Å². The maximum atomic E-state index is 12.7. The van der Waals surface area contributed by atoms with E-state index in [1.54, 1.807) is 0 Å². The summed E-state index contributed by atoms with van der Waals surface area (Å²) in [5.74, 6) is 0.967. The van der Waals surface area contributed by atoms with Crippen LogP contribution in [0.3, 0.4) is 0 Å². The van der Waals surface area contributed by atoms with Gasteiger partial charge in [-0.3, -0.25) is 0 Å². The quantitative estimate of drug-likeness (QED) is 0.813. The van der Waals surface area contributed by atoms with E-state index in [-0.39, 0.29) is 12.1 Å². The normalized spacial score (nSPS) is 18.7. The third kappa shape index (κ3) is 3.69. The van der Waals surface area contributed by atoms with Crippen LogP contribution in [0.1, 0.15) is 18.5 Å². The molecule has 27 heavy (non-hydrogen) atoms. The molecule has 0 spiro atoms. The number of ether oxygens (including phenoxy) is 1. The van der Waals surface area contributed by atoms with Crippen LogP contribution >= 0.6 is 0 Å². The highest BCUT2D eigenvalue weighted by atomic mass is 16.5. The maximum absolute atomic E-state index is 12.7. The minimum absolute atomic E-state index is 0.124. The van der Waals surface area contributed by atoms with E-state index in [1.807, 2.05) is 48.0 Å². The van der Waals surface area contributed by atoms with E-state index >= 15 is 0 Å². The Hall–Kier alpha value is -2.41. The first-order valence-corrected chi connectivity index (χ1v) is 9.71. The molecule has 0 bridgehead atoms. The fourth-order valence-electron chi connectivity index (χ4n) is 3.98. The van der Waals surface area contributed by atoms with E-state index in [4.69, 9.17) is 14.7 Å². The van der Waals surface area contributed by atoms with Gasteiger partial charge < -0.3 is 19.4 Å². The molecule has 7 heteroatoms. The van der Waals surface area contributed by atoms with Crippen LogP contribution in [0.15, 0.2) is 24.3 Å². The van der Waals surface area contributed by atoms with Crippen molar-refractivity contribution >= 4 is 22.9 Å². The van der Waals surface area contributed by atoms with Gasteiger partial charge in [0.05, 0.1) is 29.9 Å². The van der Waals surface area contributed by atoms with Crippen LogP contribution in [0, 0.1) is 6.92 Å². The molecule has 2 fully saturated rings. The molecule has 4 rings (SSSR count). The minimum Gasteiger partial charge on any atom is -0.378 e. The highest BCUT2D eigenvalue weighted by Gasteiger charge is 2.29. The summed E-state index contributed by atoms with van der Waals surface area (Å²) in [5, 5.41) is 0. The van der Waals surface area contributed by atoms with Gasteiger partial charge in [0.1, 0.15) is 0 Å². The Morgan fingerprint density at radius 3 is 2.37 bits per heavy atom. The SMILES string of the molecule is Cc1nc2ccccc2nc1N1CCC(N(C)C(=O)N2CCOCC2)CC1. The number of carbonyl (C=O) groups is 1. The van der Waals surface area contributed by atoms with Crippen molar-refractivity contribution in [3.8, 4) is 0 Å². The van der Waals surface area contributed by atoms with Gasteiger partial charge >= 0.3 is 6.03 Å². The second-order valence-electron chi connectivity index (χ2n) is 7.33. The predicted octanol–water partition coefficient (Wildman–Crippen LogP) is 2.29. The average Bonchev–Trinajstić information content (AvgIpc) is 2.73. The molecule has 2 amide bonds. The lowest BCUT2D eigenvalue weighted by Gasteiger charge is -2.40. The van der Waals surface area contributed by atoms with Crippen molar-refractivity contribution in [3.05, 3.63) is 30.0 Å². The molecule has 1 aromatic heterocycles. The standard InChI is InChI=1S/C20H27N5O2/c1-15-19(22-18-6-4-3-5-17(18)21-15)24-9-7-16(8-10-24)23(2)20(26)25-11-13-27-14-12-25/h3-6,16H,7-14H2,1-2H3. The number of aryl methyl sites for hydroxylation is 1. The summed E-state index contributed by atoms with van der Waals surface area (Å²) in [5.41, 5.74) is 2.83. The molecule has 0 radical (unpaired) electrons. The number of amides is 2. The van der Waals surface area contributed by atoms with Gasteiger partial charge in [0, 0.05) is 39.3 Å². The first-order valence-electron chi connectivity index (χ1n) is 9.71. The molecule has 2 aromatic rings. The number of carbonyl (C=O) groups excluding carboxylic acids is 1. The Morgan fingerprint density at radius 2 is 1.70 bits per heavy atom. The Morgan fingerprint density at radius 1 is 1.07 bits per heavy atom. The minimum atomic E-state index is 0.124. The van der Waals surface area contributed by atoms with Crippen LogP contribution in [0.25, 0.3) is 11.0 Å². The lowest BCUT2D eigenvalue weighted by atomic mass is 10.0. The van der Waals surface area contributed by atoms with E-state index in [0.717, 1.165) is 48.5 Å². The van der Waals surface area contributed by atoms with Gasteiger partial charge in [0.2, 0.25) is 0 Å². The summed E-state index contributed by atoms with van der Waals surface area (Å²) in [6, 6.07) is 8.38. The van der Waals surface area contributed by atoms with E-state index in [1.165, 1.54) is 0 Å². The third-order valence-electron chi connectivity index (χ3n) is 5.61. The average molecular weight is 369 g/mol. The topological polar surface area (TPSA) is 61.8 Å². The zero-order chi connectivity index (χ0) is 18.8. The molecule has 3 heterocycles. The molecule has 2 aliphatic heterocycles. The summed E-state index contributed by atoms with van der Waals surface area (Å²) in [6.07, 6.45) is 1.89. The van der Waals surface area contributed by atoms with Gasteiger partial charge in [-0.25, -0.2) is 14.8 Å².